The van der Waals surface area contributed by atoms with Crippen molar-refractivity contribution in [3.05, 3.63) is 12.7 Å². The Morgan fingerprint density at radius 1 is 0.770 bits per heavy atom. The number of carbonyl (C=O) groups excluding carboxylic acids is 5. The monoisotopic (exact) mass is 870 g/mol. The van der Waals surface area contributed by atoms with Crippen molar-refractivity contribution in [2.45, 2.75) is 187 Å². The molecule has 0 unspecified atom stereocenters. The molecule has 0 radical (unpaired) electrons. The molecule has 14 nitrogen and oxygen atoms in total. The molecule has 342 valence electrons. The van der Waals surface area contributed by atoms with Gasteiger partial charge in [-0.15, -0.1) is 6.58 Å². The summed E-state index contributed by atoms with van der Waals surface area (Å²) >= 11 is 0. The maximum absolute atomic E-state index is 15.4. The average Bonchev–Trinajstić information content (AvgIpc) is 3.63. The summed E-state index contributed by atoms with van der Waals surface area (Å²) in [6, 6.07) is -3.02. The van der Waals surface area contributed by atoms with Crippen LogP contribution in [0.2, 0.25) is 0 Å². The van der Waals surface area contributed by atoms with Gasteiger partial charge in [-0.05, 0) is 106 Å². The Labute approximate surface area is 365 Å². The molecule has 0 aromatic carbocycles. The second-order valence-corrected chi connectivity index (χ2v) is 23.9. The van der Waals surface area contributed by atoms with E-state index in [9.17, 15) is 27.6 Å². The van der Waals surface area contributed by atoms with E-state index in [2.05, 4.69) is 66.8 Å². The van der Waals surface area contributed by atoms with Crippen LogP contribution in [-0.4, -0.2) is 114 Å². The molecule has 5 amide bonds. The summed E-state index contributed by atoms with van der Waals surface area (Å²) < 4.78 is 29.9. The van der Waals surface area contributed by atoms with Gasteiger partial charge in [0.15, 0.2) is 0 Å². The van der Waals surface area contributed by atoms with Gasteiger partial charge in [-0.3, -0.25) is 28.9 Å². The number of fused-ring (bicyclic) bond motifs is 1. The second-order valence-electron chi connectivity index (χ2n) is 22.2. The maximum Gasteiger partial charge on any atom is 0.303 e. The quantitative estimate of drug-likeness (QED) is 0.195. The van der Waals surface area contributed by atoms with E-state index in [4.69, 9.17) is 0 Å². The Kier molecular flexibility index (Phi) is 12.2. The van der Waals surface area contributed by atoms with E-state index in [-0.39, 0.29) is 46.6 Å². The third-order valence-electron chi connectivity index (χ3n) is 17.2. The Hall–Kier alpha value is -3.04. The molecule has 4 N–H and O–H groups in total. The Morgan fingerprint density at radius 2 is 1.41 bits per heavy atom. The zero-order chi connectivity index (χ0) is 44.6. The minimum atomic E-state index is -4.11. The average molecular weight is 870 g/mol. The first kappa shape index (κ1) is 46.0. The van der Waals surface area contributed by atoms with Crippen LogP contribution in [0.25, 0.3) is 0 Å². The Bertz CT molecular complexity index is 1880. The van der Waals surface area contributed by atoms with Gasteiger partial charge in [-0.2, -0.15) is 12.7 Å². The lowest BCUT2D eigenvalue weighted by Gasteiger charge is -2.44. The molecule has 7 rings (SSSR count). The van der Waals surface area contributed by atoms with E-state index in [1.807, 2.05) is 20.8 Å². The Balaban J connectivity index is 1.17. The van der Waals surface area contributed by atoms with Crippen molar-refractivity contribution in [1.29, 1.82) is 0 Å². The number of likely N-dealkylation sites (tertiary alicyclic amines) is 2. The summed E-state index contributed by atoms with van der Waals surface area (Å²) in [5.41, 5.74) is -3.34. The smallest absolute Gasteiger partial charge is 0.303 e. The van der Waals surface area contributed by atoms with Gasteiger partial charge >= 0.3 is 10.2 Å². The molecule has 7 atom stereocenters. The molecule has 3 aliphatic heterocycles. The topological polar surface area (TPSA) is 177 Å². The van der Waals surface area contributed by atoms with E-state index in [1.54, 1.807) is 11.0 Å². The molecular weight excluding hydrogens is 795 g/mol. The van der Waals surface area contributed by atoms with Gasteiger partial charge in [0.05, 0.1) is 6.04 Å². The number of hydrogen-bond donors (Lipinski definition) is 4. The minimum absolute atomic E-state index is 0.0237. The molecule has 0 bridgehead atoms. The molecular formula is C46H75N7O7S. The summed E-state index contributed by atoms with van der Waals surface area (Å²) in [6.07, 6.45) is 13.8. The molecule has 4 aliphatic carbocycles. The standard InChI is InChI=1S/C46H75N7O7S/c1-10-31-27-46(31,40(58)50-61(59,60)51-24-16-17-25-51)49-37(55)33-28-45(42(7,8)44(45)22-18-23-44)29-53(33)39(57)35(41(4,5)6)48-38(56)34(43(9)20-13-11-14-21-43)47-36(54)32-19-12-15-26-52(32)30(2)3/h10,30-35H,1,11-29H2,2-9H3,(H,47,54)(H,48,56)(H,49,55)(H,50,58)/t31-,32+,33+,34-,35-,45-,46-/m1/s1. The van der Waals surface area contributed by atoms with Crippen molar-refractivity contribution in [3.63, 3.8) is 0 Å². The second kappa shape index (κ2) is 16.2. The van der Waals surface area contributed by atoms with Gasteiger partial charge < -0.3 is 20.9 Å². The number of nitrogens with one attached hydrogen (secondary N) is 4. The molecule has 4 saturated carbocycles. The van der Waals surface area contributed by atoms with Crippen LogP contribution < -0.4 is 20.7 Å². The summed E-state index contributed by atoms with van der Waals surface area (Å²) in [4.78, 5) is 77.1. The highest BCUT2D eigenvalue weighted by Gasteiger charge is 2.85. The van der Waals surface area contributed by atoms with E-state index in [1.165, 1.54) is 4.31 Å². The van der Waals surface area contributed by atoms with Crippen LogP contribution in [-0.2, 0) is 34.2 Å². The van der Waals surface area contributed by atoms with Gasteiger partial charge in [0.25, 0.3) is 5.91 Å². The highest BCUT2D eigenvalue weighted by molar-refractivity contribution is 7.87. The number of rotatable bonds is 13. The molecule has 7 fully saturated rings. The van der Waals surface area contributed by atoms with Crippen molar-refractivity contribution >= 4 is 39.7 Å². The maximum atomic E-state index is 15.4. The number of piperidine rings is 1. The highest BCUT2D eigenvalue weighted by Crippen LogP contribution is 2.88. The van der Waals surface area contributed by atoms with Gasteiger partial charge in [0, 0.05) is 37.0 Å². The lowest BCUT2D eigenvalue weighted by molar-refractivity contribution is -0.146. The summed E-state index contributed by atoms with van der Waals surface area (Å²) in [5.74, 6) is -2.73. The van der Waals surface area contributed by atoms with Crippen LogP contribution >= 0.6 is 0 Å². The highest BCUT2D eigenvalue weighted by atomic mass is 32.2. The summed E-state index contributed by atoms with van der Waals surface area (Å²) in [5, 5.41) is 9.41. The summed E-state index contributed by atoms with van der Waals surface area (Å²) in [7, 11) is -4.11. The molecule has 3 saturated heterocycles. The largest absolute Gasteiger partial charge is 0.342 e. The van der Waals surface area contributed by atoms with Crippen molar-refractivity contribution in [1.82, 2.24) is 34.8 Å². The first-order chi connectivity index (χ1) is 28.5. The van der Waals surface area contributed by atoms with Crippen molar-refractivity contribution in [2.24, 2.45) is 33.0 Å². The van der Waals surface area contributed by atoms with E-state index in [0.29, 0.717) is 38.9 Å². The number of carbonyl (C=O) groups is 5. The van der Waals surface area contributed by atoms with Crippen LogP contribution in [0.1, 0.15) is 152 Å². The fourth-order valence-corrected chi connectivity index (χ4v) is 14.2. The predicted molar refractivity (Wildman–Crippen MR) is 234 cm³/mol. The first-order valence-corrected chi connectivity index (χ1v) is 24.9. The first-order valence-electron chi connectivity index (χ1n) is 23.4. The molecule has 3 heterocycles. The number of hydrogen-bond acceptors (Lipinski definition) is 8. The van der Waals surface area contributed by atoms with Crippen LogP contribution in [0.3, 0.4) is 0 Å². The van der Waals surface area contributed by atoms with Gasteiger partial charge in [-0.25, -0.2) is 4.72 Å². The Morgan fingerprint density at radius 3 is 1.95 bits per heavy atom. The fraction of sp³-hybridized carbons (Fsp3) is 0.848. The zero-order valence-corrected chi connectivity index (χ0v) is 39.1. The predicted octanol–water partition coefficient (Wildman–Crippen LogP) is 4.55. The van der Waals surface area contributed by atoms with Gasteiger partial charge in [0.1, 0.15) is 23.7 Å². The van der Waals surface area contributed by atoms with Crippen LogP contribution in [0.4, 0.5) is 0 Å². The fourth-order valence-electron chi connectivity index (χ4n) is 12.9. The molecule has 2 spiro atoms. The molecule has 61 heavy (non-hydrogen) atoms. The van der Waals surface area contributed by atoms with Crippen molar-refractivity contribution < 1.29 is 32.4 Å². The lowest BCUT2D eigenvalue weighted by Crippen LogP contribution is -2.65. The third-order valence-corrected chi connectivity index (χ3v) is 18.7. The van der Waals surface area contributed by atoms with Crippen LogP contribution in [0.5, 0.6) is 0 Å². The molecule has 7 aliphatic rings. The lowest BCUT2D eigenvalue weighted by atomic mass is 9.70. The van der Waals surface area contributed by atoms with E-state index < -0.39 is 68.3 Å². The van der Waals surface area contributed by atoms with E-state index in [0.717, 1.165) is 77.2 Å². The van der Waals surface area contributed by atoms with E-state index >= 15 is 4.79 Å². The number of nitrogens with zero attached hydrogens (tertiary/aromatic N) is 3. The normalized spacial score (nSPS) is 32.7. The van der Waals surface area contributed by atoms with Crippen molar-refractivity contribution in [3.8, 4) is 0 Å². The molecule has 0 aromatic heterocycles. The van der Waals surface area contributed by atoms with Gasteiger partial charge in [-0.1, -0.05) is 79.7 Å². The molecule has 15 heteroatoms. The summed E-state index contributed by atoms with van der Waals surface area (Å²) in [6.45, 7) is 22.1. The minimum Gasteiger partial charge on any atom is -0.342 e. The number of amides is 5. The third kappa shape index (κ3) is 7.75. The zero-order valence-electron chi connectivity index (χ0n) is 38.3. The van der Waals surface area contributed by atoms with Crippen molar-refractivity contribution in [2.75, 3.05) is 26.2 Å². The molecule has 0 aromatic rings. The van der Waals surface area contributed by atoms with Crippen LogP contribution in [0, 0.1) is 33.0 Å². The van der Waals surface area contributed by atoms with Gasteiger partial charge in [0.2, 0.25) is 23.6 Å². The van der Waals surface area contributed by atoms with Crippen LogP contribution in [0.15, 0.2) is 12.7 Å². The SMILES string of the molecule is C=C[C@@H]1C[C@]1(NC(=O)[C@@H]1C[C@@]2(CN1C(=O)[C@@H](NC(=O)[C@@H](NC(=O)[C@@H]1CCCCN1C(C)C)C1(C)CCCCC1)C(C)(C)C)C(C)(C)C21CCC1)C(=O)NS(=O)(=O)N1CCCC1.